The number of Topliss-reactive ketones (excluding diaryl/α,β-unsaturated/α-hetero) is 1. The monoisotopic (exact) mass is 212 g/mol. The first-order valence-corrected chi connectivity index (χ1v) is 5.14. The molecule has 2 nitrogen and oxygen atoms in total. The van der Waals surface area contributed by atoms with Crippen LogP contribution in [0.5, 0.6) is 0 Å². The summed E-state index contributed by atoms with van der Waals surface area (Å²) < 4.78 is 0. The van der Waals surface area contributed by atoms with E-state index in [1.165, 1.54) is 6.08 Å². The third-order valence-electron chi connectivity index (χ3n) is 2.45. The second-order valence-electron chi connectivity index (χ2n) is 3.41. The van der Waals surface area contributed by atoms with E-state index in [9.17, 15) is 9.59 Å². The highest BCUT2D eigenvalue weighted by atomic mass is 35.5. The number of allylic oxidation sites excluding steroid dienone is 4. The molecule has 14 heavy (non-hydrogen) atoms. The maximum absolute atomic E-state index is 11.7. The van der Waals surface area contributed by atoms with Gasteiger partial charge in [0.1, 0.15) is 0 Å². The average molecular weight is 213 g/mol. The lowest BCUT2D eigenvalue weighted by Gasteiger charge is -2.13. The lowest BCUT2D eigenvalue weighted by Crippen LogP contribution is -2.16. The summed E-state index contributed by atoms with van der Waals surface area (Å²) in [7, 11) is 0. The van der Waals surface area contributed by atoms with Crippen molar-refractivity contribution in [1.29, 1.82) is 0 Å². The number of alkyl halides is 1. The molecule has 0 aliphatic heterocycles. The number of rotatable bonds is 3. The fourth-order valence-electron chi connectivity index (χ4n) is 1.37. The topological polar surface area (TPSA) is 34.1 Å². The van der Waals surface area contributed by atoms with Crippen LogP contribution in [0.4, 0.5) is 0 Å². The minimum absolute atomic E-state index is 0.00721. The summed E-state index contributed by atoms with van der Waals surface area (Å²) in [5.74, 6) is 0.458. The molecular weight excluding hydrogens is 200 g/mol. The third-order valence-corrected chi connectivity index (χ3v) is 2.72. The summed E-state index contributed by atoms with van der Waals surface area (Å²) >= 11 is 5.53. The second-order valence-corrected chi connectivity index (χ2v) is 3.78. The Morgan fingerprint density at radius 1 is 1.21 bits per heavy atom. The highest BCUT2D eigenvalue weighted by Crippen LogP contribution is 2.21. The summed E-state index contributed by atoms with van der Waals surface area (Å²) in [4.78, 5) is 23.1. The summed E-state index contributed by atoms with van der Waals surface area (Å²) in [6.45, 7) is 3.38. The van der Waals surface area contributed by atoms with E-state index in [1.807, 2.05) is 0 Å². The Hall–Kier alpha value is -0.890. The van der Waals surface area contributed by atoms with Gasteiger partial charge in [-0.1, -0.05) is 0 Å². The molecule has 0 bridgehead atoms. The fourth-order valence-corrected chi connectivity index (χ4v) is 1.50. The zero-order valence-electron chi connectivity index (χ0n) is 8.39. The Kier molecular flexibility index (Phi) is 3.64. The molecule has 0 amide bonds. The molecule has 1 rings (SSSR count). The fraction of sp³-hybridized carbons (Fsp3) is 0.455. The number of halogens is 1. The van der Waals surface area contributed by atoms with Crippen molar-refractivity contribution in [1.82, 2.24) is 0 Å². The van der Waals surface area contributed by atoms with E-state index in [0.29, 0.717) is 29.0 Å². The van der Waals surface area contributed by atoms with Crippen LogP contribution in [0.1, 0.15) is 26.7 Å². The number of hydrogen-bond acceptors (Lipinski definition) is 2. The normalized spacial score (nSPS) is 17.5. The van der Waals surface area contributed by atoms with Crippen molar-refractivity contribution >= 4 is 23.2 Å². The van der Waals surface area contributed by atoms with Gasteiger partial charge in [0.25, 0.3) is 0 Å². The molecule has 0 unspecified atom stereocenters. The van der Waals surface area contributed by atoms with Crippen molar-refractivity contribution in [3.05, 3.63) is 22.8 Å². The molecule has 1 aliphatic rings. The van der Waals surface area contributed by atoms with Crippen LogP contribution in [-0.4, -0.2) is 17.4 Å². The zero-order valence-corrected chi connectivity index (χ0v) is 9.15. The minimum Gasteiger partial charge on any atom is -0.290 e. The van der Waals surface area contributed by atoms with Gasteiger partial charge in [0.15, 0.2) is 11.6 Å². The van der Waals surface area contributed by atoms with E-state index >= 15 is 0 Å². The number of carbonyl (C=O) groups excluding carboxylic acids is 2. The Morgan fingerprint density at radius 3 is 2.43 bits per heavy atom. The largest absolute Gasteiger partial charge is 0.290 e. The number of ketones is 2. The highest BCUT2D eigenvalue weighted by Gasteiger charge is 2.22. The van der Waals surface area contributed by atoms with Crippen molar-refractivity contribution in [3.63, 3.8) is 0 Å². The number of hydrogen-bond donors (Lipinski definition) is 0. The molecule has 0 saturated heterocycles. The van der Waals surface area contributed by atoms with Gasteiger partial charge in [-0.3, -0.25) is 9.59 Å². The first kappa shape index (κ1) is 11.2. The van der Waals surface area contributed by atoms with Crippen molar-refractivity contribution in [2.45, 2.75) is 26.7 Å². The Morgan fingerprint density at radius 2 is 1.86 bits per heavy atom. The highest BCUT2D eigenvalue weighted by molar-refractivity contribution is 6.22. The van der Waals surface area contributed by atoms with Gasteiger partial charge in [-0.05, 0) is 32.8 Å². The zero-order chi connectivity index (χ0) is 10.7. The molecular formula is C11H13ClO2. The quantitative estimate of drug-likeness (QED) is 0.532. The van der Waals surface area contributed by atoms with Crippen molar-refractivity contribution in [2.75, 3.05) is 5.88 Å². The number of carbonyl (C=O) groups is 2. The van der Waals surface area contributed by atoms with Crippen LogP contribution in [0.2, 0.25) is 0 Å². The Labute approximate surface area is 88.6 Å². The SMILES string of the molecule is CC1=C(C)C(=O)C(CCCCl)=CC1=O. The molecule has 0 atom stereocenters. The molecule has 0 fully saturated rings. The first-order chi connectivity index (χ1) is 6.57. The molecule has 0 heterocycles. The van der Waals surface area contributed by atoms with E-state index in [-0.39, 0.29) is 11.6 Å². The molecule has 0 radical (unpaired) electrons. The molecule has 76 valence electrons. The van der Waals surface area contributed by atoms with Crippen molar-refractivity contribution < 1.29 is 9.59 Å². The molecule has 3 heteroatoms. The summed E-state index contributed by atoms with van der Waals surface area (Å²) in [5.41, 5.74) is 1.73. The van der Waals surface area contributed by atoms with Gasteiger partial charge in [0, 0.05) is 22.6 Å². The lowest BCUT2D eigenvalue weighted by molar-refractivity contribution is -0.115. The van der Waals surface area contributed by atoms with Crippen LogP contribution in [0, 0.1) is 0 Å². The molecule has 0 aromatic carbocycles. The van der Waals surface area contributed by atoms with Crippen LogP contribution >= 0.6 is 11.6 Å². The van der Waals surface area contributed by atoms with Gasteiger partial charge in [-0.2, -0.15) is 0 Å². The Balaban J connectivity index is 2.86. The van der Waals surface area contributed by atoms with Gasteiger partial charge in [0.05, 0.1) is 0 Å². The molecule has 0 aromatic rings. The van der Waals surface area contributed by atoms with E-state index in [1.54, 1.807) is 13.8 Å². The van der Waals surface area contributed by atoms with E-state index in [0.717, 1.165) is 6.42 Å². The van der Waals surface area contributed by atoms with E-state index in [2.05, 4.69) is 0 Å². The third kappa shape index (κ3) is 2.13. The standard InChI is InChI=1S/C11H13ClO2/c1-7-8(2)11(14)9(4-3-5-12)6-10(7)13/h6H,3-5H2,1-2H3. The molecule has 0 aromatic heterocycles. The van der Waals surface area contributed by atoms with Crippen molar-refractivity contribution in [3.8, 4) is 0 Å². The van der Waals surface area contributed by atoms with Crippen LogP contribution in [0.3, 0.4) is 0 Å². The molecule has 0 saturated carbocycles. The van der Waals surface area contributed by atoms with Crippen LogP contribution < -0.4 is 0 Å². The second kappa shape index (κ2) is 4.56. The van der Waals surface area contributed by atoms with Crippen LogP contribution in [0.15, 0.2) is 22.8 Å². The first-order valence-electron chi connectivity index (χ1n) is 4.61. The van der Waals surface area contributed by atoms with Gasteiger partial charge >= 0.3 is 0 Å². The molecule has 1 aliphatic carbocycles. The smallest absolute Gasteiger partial charge is 0.185 e. The van der Waals surface area contributed by atoms with Crippen molar-refractivity contribution in [2.24, 2.45) is 0 Å². The summed E-state index contributed by atoms with van der Waals surface area (Å²) in [5, 5.41) is 0. The van der Waals surface area contributed by atoms with E-state index in [4.69, 9.17) is 11.6 Å². The maximum Gasteiger partial charge on any atom is 0.185 e. The van der Waals surface area contributed by atoms with Gasteiger partial charge < -0.3 is 0 Å². The Bertz CT molecular complexity index is 337. The van der Waals surface area contributed by atoms with Crippen LogP contribution in [-0.2, 0) is 9.59 Å². The van der Waals surface area contributed by atoms with Gasteiger partial charge in [0.2, 0.25) is 0 Å². The minimum atomic E-state index is -0.0494. The summed E-state index contributed by atoms with van der Waals surface area (Å²) in [6, 6.07) is 0. The maximum atomic E-state index is 11.7. The predicted molar refractivity (Wildman–Crippen MR) is 56.4 cm³/mol. The van der Waals surface area contributed by atoms with E-state index < -0.39 is 0 Å². The van der Waals surface area contributed by atoms with Crippen LogP contribution in [0.25, 0.3) is 0 Å². The lowest BCUT2D eigenvalue weighted by atomic mass is 9.89. The summed E-state index contributed by atoms with van der Waals surface area (Å²) in [6.07, 6.45) is 2.77. The molecule has 0 N–H and O–H groups in total. The van der Waals surface area contributed by atoms with Gasteiger partial charge in [-0.25, -0.2) is 0 Å². The average Bonchev–Trinajstić information content (AvgIpc) is 2.18. The van der Waals surface area contributed by atoms with Gasteiger partial charge in [-0.15, -0.1) is 11.6 Å². The molecule has 0 spiro atoms. The predicted octanol–water partition coefficient (Wildman–Crippen LogP) is 2.42.